The van der Waals surface area contributed by atoms with Crippen molar-refractivity contribution in [1.82, 2.24) is 4.90 Å². The second-order valence-corrected chi connectivity index (χ2v) is 4.40. The molecule has 1 aromatic carbocycles. The number of rotatable bonds is 8. The summed E-state index contributed by atoms with van der Waals surface area (Å²) in [6.07, 6.45) is 0.153. The van der Waals surface area contributed by atoms with Crippen molar-refractivity contribution in [1.29, 1.82) is 0 Å². The molecular weight excluding hydrogens is 277 g/mol. The number of amides is 1. The van der Waals surface area contributed by atoms with E-state index in [0.29, 0.717) is 13.2 Å². The van der Waals surface area contributed by atoms with Crippen LogP contribution in [-0.4, -0.2) is 43.6 Å². The molecular formula is C15H20FNO4. The summed E-state index contributed by atoms with van der Waals surface area (Å²) in [5, 5.41) is 0. The third-order valence-corrected chi connectivity index (χ3v) is 2.79. The zero-order chi connectivity index (χ0) is 15.7. The van der Waals surface area contributed by atoms with Crippen LogP contribution in [0.1, 0.15) is 19.8 Å². The average Bonchev–Trinajstić information content (AvgIpc) is 2.47. The molecule has 0 aliphatic rings. The molecule has 0 saturated carbocycles. The second-order valence-electron chi connectivity index (χ2n) is 4.40. The van der Waals surface area contributed by atoms with Crippen LogP contribution in [0, 0.1) is 5.82 Å². The molecule has 0 unspecified atom stereocenters. The summed E-state index contributed by atoms with van der Waals surface area (Å²) < 4.78 is 23.3. The van der Waals surface area contributed by atoms with Crippen LogP contribution in [-0.2, 0) is 14.3 Å². The van der Waals surface area contributed by atoms with Crippen molar-refractivity contribution in [2.45, 2.75) is 19.8 Å². The van der Waals surface area contributed by atoms with Gasteiger partial charge in [0.05, 0.1) is 19.6 Å². The fraction of sp³-hybridized carbons (Fsp3) is 0.467. The molecule has 0 N–H and O–H groups in total. The molecule has 1 amide bonds. The van der Waals surface area contributed by atoms with Crippen LogP contribution in [0.25, 0.3) is 0 Å². The Morgan fingerprint density at radius 1 is 1.24 bits per heavy atom. The zero-order valence-corrected chi connectivity index (χ0v) is 12.3. The molecule has 0 aliphatic carbocycles. The van der Waals surface area contributed by atoms with E-state index in [4.69, 9.17) is 9.47 Å². The standard InChI is InChI=1S/C15H20FNO4/c1-3-20-15(19)9-8-14(18)17(2)10-11-21-13-7-5-4-6-12(13)16/h4-7H,3,8-11H2,1-2H3. The van der Waals surface area contributed by atoms with Gasteiger partial charge >= 0.3 is 5.97 Å². The summed E-state index contributed by atoms with van der Waals surface area (Å²) in [5.74, 6) is -0.847. The Hall–Kier alpha value is -2.11. The van der Waals surface area contributed by atoms with Crippen LogP contribution in [0.4, 0.5) is 4.39 Å². The molecule has 21 heavy (non-hydrogen) atoms. The molecule has 0 atom stereocenters. The Balaban J connectivity index is 2.27. The molecule has 6 heteroatoms. The third-order valence-electron chi connectivity index (χ3n) is 2.79. The largest absolute Gasteiger partial charge is 0.489 e. The molecule has 5 nitrogen and oxygen atoms in total. The predicted octanol–water partition coefficient (Wildman–Crippen LogP) is 2.01. The lowest BCUT2D eigenvalue weighted by atomic mass is 10.3. The van der Waals surface area contributed by atoms with E-state index in [9.17, 15) is 14.0 Å². The molecule has 0 saturated heterocycles. The second kappa shape index (κ2) is 8.94. The first kappa shape index (κ1) is 16.9. The number of carbonyl (C=O) groups excluding carboxylic acids is 2. The van der Waals surface area contributed by atoms with Crippen LogP contribution in [0.2, 0.25) is 0 Å². The molecule has 0 aromatic heterocycles. The highest BCUT2D eigenvalue weighted by Gasteiger charge is 2.12. The molecule has 1 aromatic rings. The quantitative estimate of drug-likeness (QED) is 0.689. The van der Waals surface area contributed by atoms with E-state index in [2.05, 4.69) is 0 Å². The van der Waals surface area contributed by atoms with E-state index < -0.39 is 5.82 Å². The number of hydrogen-bond acceptors (Lipinski definition) is 4. The number of para-hydroxylation sites is 1. The van der Waals surface area contributed by atoms with E-state index in [1.807, 2.05) is 0 Å². The monoisotopic (exact) mass is 297 g/mol. The molecule has 0 spiro atoms. The normalized spacial score (nSPS) is 10.0. The van der Waals surface area contributed by atoms with Gasteiger partial charge in [-0.25, -0.2) is 4.39 Å². The highest BCUT2D eigenvalue weighted by atomic mass is 19.1. The highest BCUT2D eigenvalue weighted by Crippen LogP contribution is 2.15. The number of ether oxygens (including phenoxy) is 2. The minimum absolute atomic E-state index is 0.0607. The average molecular weight is 297 g/mol. The maximum atomic E-state index is 13.3. The molecule has 0 aliphatic heterocycles. The number of hydrogen-bond donors (Lipinski definition) is 0. The summed E-state index contributed by atoms with van der Waals surface area (Å²) in [6.45, 7) is 2.52. The maximum Gasteiger partial charge on any atom is 0.306 e. The van der Waals surface area contributed by atoms with E-state index in [0.717, 1.165) is 0 Å². The number of esters is 1. The van der Waals surface area contributed by atoms with E-state index in [-0.39, 0.29) is 37.1 Å². The topological polar surface area (TPSA) is 55.8 Å². The summed E-state index contributed by atoms with van der Waals surface area (Å²) in [4.78, 5) is 24.3. The summed E-state index contributed by atoms with van der Waals surface area (Å²) in [5.41, 5.74) is 0. The van der Waals surface area contributed by atoms with Gasteiger partial charge in [0.15, 0.2) is 11.6 Å². The van der Waals surface area contributed by atoms with Crippen molar-refractivity contribution in [2.75, 3.05) is 26.8 Å². The van der Waals surface area contributed by atoms with Gasteiger partial charge in [0.2, 0.25) is 5.91 Å². The lowest BCUT2D eigenvalue weighted by molar-refractivity contribution is -0.145. The van der Waals surface area contributed by atoms with Gasteiger partial charge in [0.25, 0.3) is 0 Å². The highest BCUT2D eigenvalue weighted by molar-refractivity contribution is 5.81. The predicted molar refractivity (Wildman–Crippen MR) is 75.4 cm³/mol. The number of carbonyl (C=O) groups is 2. The Morgan fingerprint density at radius 2 is 1.95 bits per heavy atom. The minimum atomic E-state index is -0.436. The van der Waals surface area contributed by atoms with Gasteiger partial charge in [0.1, 0.15) is 6.61 Å². The Kier molecular flexibility index (Phi) is 7.21. The van der Waals surface area contributed by atoms with E-state index >= 15 is 0 Å². The van der Waals surface area contributed by atoms with E-state index in [1.54, 1.807) is 26.1 Å². The van der Waals surface area contributed by atoms with Crippen molar-refractivity contribution in [3.63, 3.8) is 0 Å². The van der Waals surface area contributed by atoms with Crippen LogP contribution >= 0.6 is 0 Å². The molecule has 0 heterocycles. The zero-order valence-electron chi connectivity index (χ0n) is 12.3. The van der Waals surface area contributed by atoms with Gasteiger partial charge in [-0.3, -0.25) is 9.59 Å². The summed E-state index contributed by atoms with van der Waals surface area (Å²) in [7, 11) is 1.61. The molecule has 0 fully saturated rings. The number of benzene rings is 1. The molecule has 0 radical (unpaired) electrons. The first-order valence-electron chi connectivity index (χ1n) is 6.81. The molecule has 116 valence electrons. The van der Waals surface area contributed by atoms with Crippen LogP contribution in [0.15, 0.2) is 24.3 Å². The van der Waals surface area contributed by atoms with Crippen molar-refractivity contribution in [3.05, 3.63) is 30.1 Å². The molecule has 0 bridgehead atoms. The van der Waals surface area contributed by atoms with Gasteiger partial charge in [-0.15, -0.1) is 0 Å². The number of halogens is 1. The lowest BCUT2D eigenvalue weighted by Gasteiger charge is -2.17. The first-order valence-corrected chi connectivity index (χ1v) is 6.81. The van der Waals surface area contributed by atoms with E-state index in [1.165, 1.54) is 17.0 Å². The maximum absolute atomic E-state index is 13.3. The van der Waals surface area contributed by atoms with Crippen molar-refractivity contribution in [2.24, 2.45) is 0 Å². The van der Waals surface area contributed by atoms with Gasteiger partial charge in [-0.1, -0.05) is 12.1 Å². The minimum Gasteiger partial charge on any atom is -0.489 e. The summed E-state index contributed by atoms with van der Waals surface area (Å²) >= 11 is 0. The van der Waals surface area contributed by atoms with Crippen molar-refractivity contribution < 1.29 is 23.5 Å². The van der Waals surface area contributed by atoms with Crippen LogP contribution in [0.5, 0.6) is 5.75 Å². The number of likely N-dealkylation sites (N-methyl/N-ethyl adjacent to an activating group) is 1. The fourth-order valence-electron chi connectivity index (χ4n) is 1.61. The van der Waals surface area contributed by atoms with Crippen molar-refractivity contribution in [3.8, 4) is 5.75 Å². The Labute approximate surface area is 123 Å². The van der Waals surface area contributed by atoms with Gasteiger partial charge in [0, 0.05) is 13.5 Å². The first-order chi connectivity index (χ1) is 10.0. The van der Waals surface area contributed by atoms with Gasteiger partial charge in [-0.2, -0.15) is 0 Å². The Morgan fingerprint density at radius 3 is 2.62 bits per heavy atom. The van der Waals surface area contributed by atoms with Gasteiger partial charge in [-0.05, 0) is 19.1 Å². The van der Waals surface area contributed by atoms with Gasteiger partial charge < -0.3 is 14.4 Å². The Bertz CT molecular complexity index is 478. The number of nitrogens with zero attached hydrogens (tertiary/aromatic N) is 1. The lowest BCUT2D eigenvalue weighted by Crippen LogP contribution is -2.31. The SMILES string of the molecule is CCOC(=O)CCC(=O)N(C)CCOc1ccccc1F. The third kappa shape index (κ3) is 6.25. The van der Waals surface area contributed by atoms with Crippen LogP contribution < -0.4 is 4.74 Å². The smallest absolute Gasteiger partial charge is 0.306 e. The fourth-order valence-corrected chi connectivity index (χ4v) is 1.61. The molecule has 1 rings (SSSR count). The van der Waals surface area contributed by atoms with Crippen LogP contribution in [0.3, 0.4) is 0 Å². The summed E-state index contributed by atoms with van der Waals surface area (Å²) in [6, 6.07) is 6.08. The van der Waals surface area contributed by atoms with Crippen molar-refractivity contribution >= 4 is 11.9 Å².